The molecule has 0 N–H and O–H groups in total. The maximum atomic E-state index is 4.25. The molecule has 0 aromatic heterocycles. The minimum Gasteiger partial charge on any atom is -0.388 e. The fourth-order valence-electron chi connectivity index (χ4n) is 2.08. The van der Waals surface area contributed by atoms with Crippen LogP contribution in [0.1, 0.15) is 37.1 Å². The van der Waals surface area contributed by atoms with Gasteiger partial charge in [-0.25, -0.2) is 0 Å². The molecule has 0 aliphatic rings. The summed E-state index contributed by atoms with van der Waals surface area (Å²) in [5.74, 6) is 0. The van der Waals surface area contributed by atoms with Gasteiger partial charge in [0.05, 0.1) is 10.9 Å². The van der Waals surface area contributed by atoms with E-state index in [-0.39, 0.29) is 48.0 Å². The van der Waals surface area contributed by atoms with Crippen LogP contribution in [0.15, 0.2) is 106 Å². The van der Waals surface area contributed by atoms with Crippen LogP contribution < -0.4 is 0 Å². The third-order valence-electron chi connectivity index (χ3n) is 2.94. The lowest BCUT2D eigenvalue weighted by Gasteiger charge is -2.07. The molecule has 0 saturated carbocycles. The molecule has 3 rings (SSSR count). The molecule has 0 amide bonds. The Kier molecular flexibility index (Phi) is 22.7. The highest BCUT2D eigenvalue weighted by Gasteiger charge is 2.27. The summed E-state index contributed by atoms with van der Waals surface area (Å²) in [4.78, 5) is 4.08. The second-order valence-corrected chi connectivity index (χ2v) is 6.68. The molecule has 0 radical (unpaired) electrons. The maximum absolute atomic E-state index is 4.25. The third kappa shape index (κ3) is 10.0. The molecule has 0 saturated heterocycles. The number of rotatable bonds is 3. The Labute approximate surface area is 172 Å². The van der Waals surface area contributed by atoms with Gasteiger partial charge in [0.15, 0.2) is 14.7 Å². The van der Waals surface area contributed by atoms with Gasteiger partial charge in [-0.1, -0.05) is 91.7 Å². The summed E-state index contributed by atoms with van der Waals surface area (Å²) in [7, 11) is 3.24. The van der Waals surface area contributed by atoms with E-state index in [4.69, 9.17) is 0 Å². The predicted octanol–water partition coefficient (Wildman–Crippen LogP) is 8.23. The van der Waals surface area contributed by atoms with Crippen molar-refractivity contribution in [2.75, 3.05) is 14.2 Å². The summed E-state index contributed by atoms with van der Waals surface area (Å²) < 4.78 is 4.25. The number of methoxy groups -OCH3 is 1. The highest BCUT2D eigenvalue weighted by Crippen LogP contribution is 2.30. The van der Waals surface area contributed by atoms with Crippen molar-refractivity contribution in [3.8, 4) is 0 Å². The molecule has 3 aromatic rings. The van der Waals surface area contributed by atoms with Crippen LogP contribution in [-0.4, -0.2) is 14.2 Å². The molecule has 0 atom stereocenters. The maximum Gasteiger partial charge on any atom is 0.166 e. The molecule has 152 valence electrons. The fourth-order valence-corrected chi connectivity index (χ4v) is 4.18. The second kappa shape index (κ2) is 18.8. The Balaban J connectivity index is -0.000000311. The Hall–Kier alpha value is -2.03. The van der Waals surface area contributed by atoms with Gasteiger partial charge < -0.3 is 4.74 Å². The van der Waals surface area contributed by atoms with E-state index < -0.39 is 0 Å². The third-order valence-corrected chi connectivity index (χ3v) is 5.17. The summed E-state index contributed by atoms with van der Waals surface area (Å²) in [6.07, 6.45) is 0. The van der Waals surface area contributed by atoms with Crippen molar-refractivity contribution in [1.29, 1.82) is 0 Å². The number of ether oxygens (including phenoxy) is 1. The van der Waals surface area contributed by atoms with E-state index in [0.29, 0.717) is 0 Å². The van der Waals surface area contributed by atoms with E-state index in [1.54, 1.807) is 14.2 Å². The first-order chi connectivity index (χ1) is 10.9. The van der Waals surface area contributed by atoms with Gasteiger partial charge in [0.2, 0.25) is 0 Å². The molecule has 3 aromatic carbocycles. The van der Waals surface area contributed by atoms with Crippen LogP contribution in [0.2, 0.25) is 0 Å². The van der Waals surface area contributed by atoms with Gasteiger partial charge >= 0.3 is 0 Å². The number of benzene rings is 3. The van der Waals surface area contributed by atoms with Crippen LogP contribution in [0, 0.1) is 0 Å². The van der Waals surface area contributed by atoms with Gasteiger partial charge in [0.1, 0.15) is 0 Å². The van der Waals surface area contributed by atoms with Crippen LogP contribution in [0.3, 0.4) is 0 Å². The Morgan fingerprint density at radius 1 is 0.444 bits per heavy atom. The number of hydrogen-bond acceptors (Lipinski definition) is 1. The monoisotopic (exact) mass is 389 g/mol. The Bertz CT molecular complexity index is 545. The van der Waals surface area contributed by atoms with Gasteiger partial charge in [-0.2, -0.15) is 0 Å². The fraction of sp³-hybridized carbons (Fsp3) is 0.280. The van der Waals surface area contributed by atoms with Gasteiger partial charge in [-0.3, -0.25) is 0 Å². The van der Waals surface area contributed by atoms with E-state index >= 15 is 0 Å². The zero-order valence-electron chi connectivity index (χ0n) is 13.0. The second-order valence-electron chi connectivity index (χ2n) is 4.65. The highest BCUT2D eigenvalue weighted by atomic mass is 32.2. The SMILES string of the molecule is C.C.C.C.C.COC.c1ccc([S+](c2ccccc2)c2ccccc2)cc1. The molecule has 0 unspecified atom stereocenters. The smallest absolute Gasteiger partial charge is 0.166 e. The zero-order chi connectivity index (χ0) is 15.6. The lowest BCUT2D eigenvalue weighted by atomic mass is 10.4. The zero-order valence-corrected chi connectivity index (χ0v) is 13.8. The summed E-state index contributed by atoms with van der Waals surface area (Å²) in [5.41, 5.74) is 0. The molecule has 0 spiro atoms. The first-order valence-corrected chi connectivity index (χ1v) is 8.39. The van der Waals surface area contributed by atoms with Crippen molar-refractivity contribution in [2.24, 2.45) is 0 Å². The minimum atomic E-state index is -0.0146. The van der Waals surface area contributed by atoms with Crippen LogP contribution in [0.25, 0.3) is 0 Å². The normalized spacial score (nSPS) is 8.11. The average Bonchev–Trinajstić information content (AvgIpc) is 2.59. The van der Waals surface area contributed by atoms with Crippen molar-refractivity contribution in [3.63, 3.8) is 0 Å². The van der Waals surface area contributed by atoms with Crippen molar-refractivity contribution in [1.82, 2.24) is 0 Å². The molecule has 0 heterocycles. The largest absolute Gasteiger partial charge is 0.388 e. The molecule has 0 bridgehead atoms. The average molecular weight is 390 g/mol. The lowest BCUT2D eigenvalue weighted by molar-refractivity contribution is 0.277. The molecule has 27 heavy (non-hydrogen) atoms. The van der Waals surface area contributed by atoms with Gasteiger partial charge in [0.25, 0.3) is 0 Å². The van der Waals surface area contributed by atoms with Crippen LogP contribution in [0.4, 0.5) is 0 Å². The highest BCUT2D eigenvalue weighted by molar-refractivity contribution is 7.97. The van der Waals surface area contributed by atoms with Crippen LogP contribution in [0.5, 0.6) is 0 Å². The molecule has 2 heteroatoms. The Morgan fingerprint density at radius 3 is 0.815 bits per heavy atom. The summed E-state index contributed by atoms with van der Waals surface area (Å²) >= 11 is 0. The molecule has 1 nitrogen and oxygen atoms in total. The standard InChI is InChI=1S/C18H15S.C2H6O.5CH4/c1-4-10-16(11-5-1)19(17-12-6-2-7-13-17)18-14-8-3-9-15-18;1-3-2;;;;;/h1-15H;1-2H3;5*1H4/q+1;;;;;;. The number of hydrogen-bond donors (Lipinski definition) is 0. The van der Waals surface area contributed by atoms with Crippen LogP contribution in [-0.2, 0) is 15.6 Å². The summed E-state index contributed by atoms with van der Waals surface area (Å²) in [6, 6.07) is 32.2. The van der Waals surface area contributed by atoms with Gasteiger partial charge in [-0.15, -0.1) is 0 Å². The Morgan fingerprint density at radius 2 is 0.630 bits per heavy atom. The molecule has 0 aliphatic heterocycles. The topological polar surface area (TPSA) is 9.23 Å². The minimum absolute atomic E-state index is 0. The molecule has 0 aliphatic carbocycles. The van der Waals surface area contributed by atoms with E-state index in [9.17, 15) is 0 Å². The van der Waals surface area contributed by atoms with Gasteiger partial charge in [0, 0.05) is 14.2 Å². The first-order valence-electron chi connectivity index (χ1n) is 7.16. The summed E-state index contributed by atoms with van der Waals surface area (Å²) in [5, 5.41) is 0. The van der Waals surface area contributed by atoms with Crippen molar-refractivity contribution in [2.45, 2.75) is 51.8 Å². The lowest BCUT2D eigenvalue weighted by Crippen LogP contribution is -2.04. The van der Waals surface area contributed by atoms with Crippen molar-refractivity contribution >= 4 is 10.9 Å². The van der Waals surface area contributed by atoms with E-state index in [2.05, 4.69) is 95.7 Å². The van der Waals surface area contributed by atoms with Crippen molar-refractivity contribution in [3.05, 3.63) is 91.0 Å². The van der Waals surface area contributed by atoms with Crippen LogP contribution >= 0.6 is 0 Å². The van der Waals surface area contributed by atoms with E-state index in [1.807, 2.05) is 0 Å². The van der Waals surface area contributed by atoms with Gasteiger partial charge in [-0.05, 0) is 36.4 Å². The quantitative estimate of drug-likeness (QED) is 0.410. The van der Waals surface area contributed by atoms with E-state index in [1.165, 1.54) is 14.7 Å². The van der Waals surface area contributed by atoms with Crippen molar-refractivity contribution < 1.29 is 4.74 Å². The molecule has 0 fully saturated rings. The van der Waals surface area contributed by atoms with E-state index in [0.717, 1.165) is 0 Å². The predicted molar refractivity (Wildman–Crippen MR) is 128 cm³/mol. The first kappa shape index (κ1) is 32.6. The summed E-state index contributed by atoms with van der Waals surface area (Å²) in [6.45, 7) is 0. The molecular weight excluding hydrogens is 348 g/mol. The molecular formula is C25H41OS+.